The van der Waals surface area contributed by atoms with E-state index in [1.165, 1.54) is 5.56 Å². The molecule has 1 unspecified atom stereocenters. The second-order valence-corrected chi connectivity index (χ2v) is 5.54. The maximum absolute atomic E-state index is 9.28. The van der Waals surface area contributed by atoms with Crippen LogP contribution in [0.4, 0.5) is 5.82 Å². The number of halogens is 1. The summed E-state index contributed by atoms with van der Waals surface area (Å²) in [5.41, 5.74) is 2.12. The minimum absolute atomic E-state index is 0.0513. The van der Waals surface area contributed by atoms with Crippen LogP contribution in [0.3, 0.4) is 0 Å². The van der Waals surface area contributed by atoms with Gasteiger partial charge in [-0.05, 0) is 18.1 Å². The molecule has 1 aromatic heterocycles. The molecule has 0 aliphatic carbocycles. The number of hydrogen-bond acceptors (Lipinski definition) is 3. The number of benzene rings is 1. The molecule has 1 fully saturated rings. The molecule has 0 amide bonds. The van der Waals surface area contributed by atoms with E-state index in [0.29, 0.717) is 10.9 Å². The van der Waals surface area contributed by atoms with Gasteiger partial charge in [-0.15, -0.1) is 0 Å². The van der Waals surface area contributed by atoms with Crippen molar-refractivity contribution in [2.24, 2.45) is 0 Å². The third-order valence-corrected chi connectivity index (χ3v) is 4.21. The van der Waals surface area contributed by atoms with Gasteiger partial charge in [0.25, 0.3) is 0 Å². The predicted octanol–water partition coefficient (Wildman–Crippen LogP) is 3.22. The molecule has 1 atom stereocenters. The molecule has 1 aromatic carbocycles. The second-order valence-electron chi connectivity index (χ2n) is 5.13. The highest BCUT2D eigenvalue weighted by Gasteiger charge is 2.24. The Kier molecular flexibility index (Phi) is 3.90. The number of hydrogen-bond donors (Lipinski definition) is 1. The van der Waals surface area contributed by atoms with Gasteiger partial charge in [0.2, 0.25) is 0 Å². The van der Waals surface area contributed by atoms with E-state index in [2.05, 4.69) is 34.1 Å². The van der Waals surface area contributed by atoms with Crippen LogP contribution >= 0.6 is 11.6 Å². The van der Waals surface area contributed by atoms with E-state index >= 15 is 0 Å². The molecule has 104 valence electrons. The quantitative estimate of drug-likeness (QED) is 0.942. The predicted molar refractivity (Wildman–Crippen MR) is 81.2 cm³/mol. The van der Waals surface area contributed by atoms with Crippen molar-refractivity contribution in [3.8, 4) is 0 Å². The fraction of sp³-hybridized carbons (Fsp3) is 0.312. The molecular formula is C16H17ClN2O. The summed E-state index contributed by atoms with van der Waals surface area (Å²) in [6, 6.07) is 12.5. The SMILES string of the molecule is OCc1cc(N2CCC(c3ccccc3)C2)ncc1Cl. The molecule has 2 aromatic rings. The minimum atomic E-state index is -0.0513. The largest absolute Gasteiger partial charge is 0.392 e. The molecule has 0 spiro atoms. The zero-order valence-corrected chi connectivity index (χ0v) is 11.9. The van der Waals surface area contributed by atoms with Crippen LogP contribution in [0.15, 0.2) is 42.6 Å². The van der Waals surface area contributed by atoms with Gasteiger partial charge in [-0.2, -0.15) is 0 Å². The lowest BCUT2D eigenvalue weighted by atomic mass is 9.99. The first-order valence-electron chi connectivity index (χ1n) is 6.83. The number of aliphatic hydroxyl groups excluding tert-OH is 1. The summed E-state index contributed by atoms with van der Waals surface area (Å²) in [6.45, 7) is 1.90. The standard InChI is InChI=1S/C16H17ClN2O/c17-15-9-18-16(8-14(15)11-20)19-7-6-13(10-19)12-4-2-1-3-5-12/h1-5,8-9,13,20H,6-7,10-11H2. The molecule has 1 saturated heterocycles. The van der Waals surface area contributed by atoms with Crippen LogP contribution in [0.2, 0.25) is 5.02 Å². The molecule has 20 heavy (non-hydrogen) atoms. The Hall–Kier alpha value is -1.58. The summed E-state index contributed by atoms with van der Waals surface area (Å²) in [5, 5.41) is 9.81. The number of pyridine rings is 1. The van der Waals surface area contributed by atoms with Crippen molar-refractivity contribution in [2.45, 2.75) is 18.9 Å². The molecule has 1 aliphatic heterocycles. The molecule has 3 nitrogen and oxygen atoms in total. The van der Waals surface area contributed by atoms with Crippen molar-refractivity contribution in [1.82, 2.24) is 4.98 Å². The topological polar surface area (TPSA) is 36.4 Å². The normalized spacial score (nSPS) is 18.5. The fourth-order valence-corrected chi connectivity index (χ4v) is 2.89. The molecule has 4 heteroatoms. The summed E-state index contributed by atoms with van der Waals surface area (Å²) in [4.78, 5) is 6.64. The Balaban J connectivity index is 1.77. The highest BCUT2D eigenvalue weighted by molar-refractivity contribution is 6.31. The third-order valence-electron chi connectivity index (χ3n) is 3.87. The van der Waals surface area contributed by atoms with Crippen LogP contribution < -0.4 is 4.90 Å². The Morgan fingerprint density at radius 2 is 2.10 bits per heavy atom. The maximum atomic E-state index is 9.28. The van der Waals surface area contributed by atoms with E-state index in [0.717, 1.165) is 30.9 Å². The summed E-state index contributed by atoms with van der Waals surface area (Å²) in [7, 11) is 0. The average Bonchev–Trinajstić information content (AvgIpc) is 2.98. The van der Waals surface area contributed by atoms with Crippen LogP contribution in [0.5, 0.6) is 0 Å². The summed E-state index contributed by atoms with van der Waals surface area (Å²) in [6.07, 6.45) is 2.75. The van der Waals surface area contributed by atoms with E-state index in [9.17, 15) is 5.11 Å². The number of aliphatic hydroxyl groups is 1. The van der Waals surface area contributed by atoms with Crippen LogP contribution in [0, 0.1) is 0 Å². The van der Waals surface area contributed by atoms with E-state index in [1.807, 2.05) is 12.1 Å². The molecule has 0 bridgehead atoms. The smallest absolute Gasteiger partial charge is 0.128 e. The number of rotatable bonds is 3. The molecule has 0 radical (unpaired) electrons. The molecular weight excluding hydrogens is 272 g/mol. The maximum Gasteiger partial charge on any atom is 0.128 e. The van der Waals surface area contributed by atoms with Crippen molar-refractivity contribution in [1.29, 1.82) is 0 Å². The summed E-state index contributed by atoms with van der Waals surface area (Å²) in [5.74, 6) is 1.45. The Morgan fingerprint density at radius 3 is 2.85 bits per heavy atom. The van der Waals surface area contributed by atoms with Gasteiger partial charge in [-0.3, -0.25) is 0 Å². The molecule has 1 aliphatic rings. The first kappa shape index (κ1) is 13.4. The van der Waals surface area contributed by atoms with Crippen LogP contribution in [-0.4, -0.2) is 23.2 Å². The minimum Gasteiger partial charge on any atom is -0.392 e. The van der Waals surface area contributed by atoms with Crippen LogP contribution in [0.25, 0.3) is 0 Å². The first-order valence-corrected chi connectivity index (χ1v) is 7.21. The third kappa shape index (κ3) is 2.65. The van der Waals surface area contributed by atoms with Gasteiger partial charge in [0.1, 0.15) is 5.82 Å². The van der Waals surface area contributed by atoms with Gasteiger partial charge in [0.05, 0.1) is 11.6 Å². The number of aromatic nitrogens is 1. The number of nitrogens with zero attached hydrogens (tertiary/aromatic N) is 2. The van der Waals surface area contributed by atoms with Crippen molar-refractivity contribution in [3.05, 3.63) is 58.7 Å². The highest BCUT2D eigenvalue weighted by Crippen LogP contribution is 2.30. The van der Waals surface area contributed by atoms with Crippen LogP contribution in [-0.2, 0) is 6.61 Å². The summed E-state index contributed by atoms with van der Waals surface area (Å²) < 4.78 is 0. The van der Waals surface area contributed by atoms with Crippen molar-refractivity contribution < 1.29 is 5.11 Å². The Morgan fingerprint density at radius 1 is 1.30 bits per heavy atom. The van der Waals surface area contributed by atoms with Gasteiger partial charge in [-0.1, -0.05) is 41.9 Å². The van der Waals surface area contributed by atoms with Crippen molar-refractivity contribution >= 4 is 17.4 Å². The van der Waals surface area contributed by atoms with E-state index in [-0.39, 0.29) is 6.61 Å². The van der Waals surface area contributed by atoms with Crippen molar-refractivity contribution in [2.75, 3.05) is 18.0 Å². The Labute approximate surface area is 123 Å². The van der Waals surface area contributed by atoms with Crippen LogP contribution in [0.1, 0.15) is 23.5 Å². The van der Waals surface area contributed by atoms with Gasteiger partial charge < -0.3 is 10.0 Å². The fourth-order valence-electron chi connectivity index (χ4n) is 2.73. The number of anilines is 1. The highest BCUT2D eigenvalue weighted by atomic mass is 35.5. The monoisotopic (exact) mass is 288 g/mol. The zero-order valence-electron chi connectivity index (χ0n) is 11.2. The molecule has 3 rings (SSSR count). The van der Waals surface area contributed by atoms with E-state index < -0.39 is 0 Å². The van der Waals surface area contributed by atoms with E-state index in [4.69, 9.17) is 11.6 Å². The average molecular weight is 289 g/mol. The lowest BCUT2D eigenvalue weighted by molar-refractivity contribution is 0.282. The second kappa shape index (κ2) is 5.81. The van der Waals surface area contributed by atoms with Gasteiger partial charge in [-0.25, -0.2) is 4.98 Å². The Bertz CT molecular complexity index is 588. The van der Waals surface area contributed by atoms with Gasteiger partial charge in [0, 0.05) is 30.8 Å². The first-order chi connectivity index (χ1) is 9.78. The van der Waals surface area contributed by atoms with Crippen molar-refractivity contribution in [3.63, 3.8) is 0 Å². The molecule has 2 heterocycles. The van der Waals surface area contributed by atoms with Gasteiger partial charge >= 0.3 is 0 Å². The lowest BCUT2D eigenvalue weighted by Crippen LogP contribution is -2.20. The molecule has 1 N–H and O–H groups in total. The summed E-state index contributed by atoms with van der Waals surface area (Å²) >= 11 is 5.99. The zero-order chi connectivity index (χ0) is 13.9. The molecule has 0 saturated carbocycles. The van der Waals surface area contributed by atoms with E-state index in [1.54, 1.807) is 6.20 Å². The lowest BCUT2D eigenvalue weighted by Gasteiger charge is -2.18. The van der Waals surface area contributed by atoms with Gasteiger partial charge in [0.15, 0.2) is 0 Å².